The van der Waals surface area contributed by atoms with Gasteiger partial charge in [-0.1, -0.05) is 6.92 Å². The maximum atomic E-state index is 11.5. The largest absolute Gasteiger partial charge is 0.516 e. The summed E-state index contributed by atoms with van der Waals surface area (Å²) in [6, 6.07) is 0. The van der Waals surface area contributed by atoms with E-state index in [4.69, 9.17) is 14.5 Å². The molecule has 0 N–H and O–H groups in total. The number of hydrogen-bond acceptors (Lipinski definition) is 8. The molecule has 0 aliphatic rings. The zero-order valence-electron chi connectivity index (χ0n) is 13.2. The topological polar surface area (TPSA) is 97.4 Å². The van der Waals surface area contributed by atoms with Gasteiger partial charge in [0.1, 0.15) is 31.4 Å². The molecule has 0 aliphatic carbocycles. The first-order valence-electron chi connectivity index (χ1n) is 6.74. The predicted octanol–water partition coefficient (Wildman–Crippen LogP) is 1.92. The minimum atomic E-state index is -1.16. The molecule has 22 heavy (non-hydrogen) atoms. The molecule has 0 aromatic rings. The van der Waals surface area contributed by atoms with E-state index in [1.165, 1.54) is 6.92 Å². The van der Waals surface area contributed by atoms with Crippen LogP contribution in [0.15, 0.2) is 11.8 Å². The van der Waals surface area contributed by atoms with Gasteiger partial charge in [0.25, 0.3) is 0 Å². The van der Waals surface area contributed by atoms with Crippen molar-refractivity contribution in [2.75, 3.05) is 19.8 Å². The monoisotopic (exact) mass is 318 g/mol. The van der Waals surface area contributed by atoms with E-state index in [0.29, 0.717) is 12.7 Å². The Bertz CT molecular complexity index is 400. The van der Waals surface area contributed by atoms with Crippen molar-refractivity contribution in [3.8, 4) is 0 Å². The van der Waals surface area contributed by atoms with Crippen molar-refractivity contribution in [1.29, 1.82) is 0 Å². The summed E-state index contributed by atoms with van der Waals surface area (Å²) in [5.74, 6) is -0.920. The van der Waals surface area contributed by atoms with E-state index in [-0.39, 0.29) is 25.4 Å². The molecule has 0 bridgehead atoms. The highest BCUT2D eigenvalue weighted by atomic mass is 17.2. The van der Waals surface area contributed by atoms with Gasteiger partial charge in [0.2, 0.25) is 0 Å². The van der Waals surface area contributed by atoms with Crippen molar-refractivity contribution in [2.45, 2.75) is 39.7 Å². The molecule has 8 heteroatoms. The molecule has 0 aromatic carbocycles. The second-order valence-electron chi connectivity index (χ2n) is 4.82. The van der Waals surface area contributed by atoms with Gasteiger partial charge in [-0.15, -0.1) is 0 Å². The van der Waals surface area contributed by atoms with Crippen molar-refractivity contribution in [3.05, 3.63) is 11.8 Å². The lowest BCUT2D eigenvalue weighted by molar-refractivity contribution is -0.317. The Hall–Kier alpha value is -1.93. The number of aldehydes is 1. The lowest BCUT2D eigenvalue weighted by Gasteiger charge is -2.20. The molecule has 0 spiro atoms. The summed E-state index contributed by atoms with van der Waals surface area (Å²) >= 11 is 0. The fourth-order valence-electron chi connectivity index (χ4n) is 0.835. The molecular weight excluding hydrogens is 296 g/mol. The highest BCUT2D eigenvalue weighted by Crippen LogP contribution is 2.14. The summed E-state index contributed by atoms with van der Waals surface area (Å²) in [6.07, 6.45) is 1.16. The molecule has 0 unspecified atom stereocenters. The SMILES string of the molecule is CCC(C)(C)OOC=C(C)C(=O)OC(=O)OCCOCC=O. The Morgan fingerprint density at radius 2 is 1.86 bits per heavy atom. The van der Waals surface area contributed by atoms with Crippen LogP contribution >= 0.6 is 0 Å². The fourth-order valence-corrected chi connectivity index (χ4v) is 0.835. The zero-order chi connectivity index (χ0) is 17.0. The molecule has 0 saturated carbocycles. The molecule has 0 aromatic heterocycles. The third-order valence-corrected chi connectivity index (χ3v) is 2.48. The van der Waals surface area contributed by atoms with Gasteiger partial charge in [0.15, 0.2) is 0 Å². The fraction of sp³-hybridized carbons (Fsp3) is 0.643. The molecule has 0 saturated heterocycles. The van der Waals surface area contributed by atoms with Crippen molar-refractivity contribution in [1.82, 2.24) is 0 Å². The number of esters is 1. The van der Waals surface area contributed by atoms with Crippen LogP contribution in [0.4, 0.5) is 4.79 Å². The standard InChI is InChI=1S/C14H22O8/c1-5-14(3,4)22-20-10-11(2)12(16)21-13(17)19-9-8-18-7-6-15/h6,10H,5,7-9H2,1-4H3. The summed E-state index contributed by atoms with van der Waals surface area (Å²) in [6.45, 7) is 6.75. The number of carbonyl (C=O) groups excluding carboxylic acids is 3. The van der Waals surface area contributed by atoms with E-state index >= 15 is 0 Å². The Kier molecular flexibility index (Phi) is 9.80. The van der Waals surface area contributed by atoms with Crippen LogP contribution in [-0.4, -0.2) is 43.8 Å². The van der Waals surface area contributed by atoms with Crippen LogP contribution in [-0.2, 0) is 33.6 Å². The molecule has 8 nitrogen and oxygen atoms in total. The van der Waals surface area contributed by atoms with Crippen LogP contribution in [0.1, 0.15) is 34.1 Å². The van der Waals surface area contributed by atoms with Crippen LogP contribution < -0.4 is 0 Å². The van der Waals surface area contributed by atoms with Gasteiger partial charge in [-0.3, -0.25) is 0 Å². The van der Waals surface area contributed by atoms with Crippen LogP contribution in [0.5, 0.6) is 0 Å². The third-order valence-electron chi connectivity index (χ3n) is 2.48. The highest BCUT2D eigenvalue weighted by Gasteiger charge is 2.18. The summed E-state index contributed by atoms with van der Waals surface area (Å²) in [4.78, 5) is 42.5. The van der Waals surface area contributed by atoms with Crippen LogP contribution in [0.3, 0.4) is 0 Å². The first kappa shape index (κ1) is 20.1. The molecule has 0 amide bonds. The maximum Gasteiger partial charge on any atom is 0.516 e. The van der Waals surface area contributed by atoms with E-state index in [2.05, 4.69) is 9.47 Å². The summed E-state index contributed by atoms with van der Waals surface area (Å²) in [7, 11) is 0. The third kappa shape index (κ3) is 9.89. The molecule has 0 aliphatic heterocycles. The van der Waals surface area contributed by atoms with E-state index in [0.717, 1.165) is 6.26 Å². The lowest BCUT2D eigenvalue weighted by Crippen LogP contribution is -2.22. The first-order chi connectivity index (χ1) is 10.3. The van der Waals surface area contributed by atoms with Gasteiger partial charge in [-0.2, -0.15) is 4.89 Å². The second kappa shape index (κ2) is 10.7. The molecule has 0 rings (SSSR count). The molecular formula is C14H22O8. The smallest absolute Gasteiger partial charge is 0.431 e. The maximum absolute atomic E-state index is 11.5. The number of carbonyl (C=O) groups is 3. The number of ether oxygens (including phenoxy) is 3. The van der Waals surface area contributed by atoms with Crippen LogP contribution in [0.2, 0.25) is 0 Å². The van der Waals surface area contributed by atoms with Crippen LogP contribution in [0.25, 0.3) is 0 Å². The average Bonchev–Trinajstić information content (AvgIpc) is 2.46. The first-order valence-corrected chi connectivity index (χ1v) is 6.74. The summed E-state index contributed by atoms with van der Waals surface area (Å²) in [5.41, 5.74) is -0.470. The quantitative estimate of drug-likeness (QED) is 0.0880. The Balaban J connectivity index is 4.02. The molecule has 126 valence electrons. The van der Waals surface area contributed by atoms with Crippen molar-refractivity contribution in [3.63, 3.8) is 0 Å². The highest BCUT2D eigenvalue weighted by molar-refractivity contribution is 5.93. The Morgan fingerprint density at radius 3 is 2.45 bits per heavy atom. The van der Waals surface area contributed by atoms with E-state index in [1.54, 1.807) is 0 Å². The van der Waals surface area contributed by atoms with Gasteiger partial charge in [0, 0.05) is 0 Å². The molecule has 0 radical (unpaired) electrons. The van der Waals surface area contributed by atoms with E-state index < -0.39 is 17.7 Å². The number of hydrogen-bond donors (Lipinski definition) is 0. The summed E-state index contributed by atoms with van der Waals surface area (Å²) < 4.78 is 13.7. The lowest BCUT2D eigenvalue weighted by atomic mass is 10.1. The molecule has 0 fully saturated rings. The van der Waals surface area contributed by atoms with Gasteiger partial charge in [0.05, 0.1) is 12.2 Å². The second-order valence-corrected chi connectivity index (χ2v) is 4.82. The van der Waals surface area contributed by atoms with Crippen molar-refractivity contribution >= 4 is 18.4 Å². The minimum absolute atomic E-state index is 0.0277. The van der Waals surface area contributed by atoms with Crippen molar-refractivity contribution < 1.29 is 38.4 Å². The van der Waals surface area contributed by atoms with Crippen LogP contribution in [0, 0.1) is 0 Å². The minimum Gasteiger partial charge on any atom is -0.431 e. The van der Waals surface area contributed by atoms with E-state index in [9.17, 15) is 14.4 Å². The molecule has 0 atom stereocenters. The molecule has 0 heterocycles. The number of rotatable bonds is 10. The van der Waals surface area contributed by atoms with Crippen molar-refractivity contribution in [2.24, 2.45) is 0 Å². The van der Waals surface area contributed by atoms with Gasteiger partial charge in [-0.05, 0) is 27.2 Å². The average molecular weight is 318 g/mol. The predicted molar refractivity (Wildman–Crippen MR) is 74.6 cm³/mol. The normalized spacial score (nSPS) is 11.7. The Labute approximate surface area is 129 Å². The van der Waals surface area contributed by atoms with E-state index in [1.807, 2.05) is 20.8 Å². The van der Waals surface area contributed by atoms with Gasteiger partial charge < -0.3 is 23.9 Å². The van der Waals surface area contributed by atoms with Gasteiger partial charge in [-0.25, -0.2) is 9.59 Å². The zero-order valence-corrected chi connectivity index (χ0v) is 13.2. The Morgan fingerprint density at radius 1 is 1.18 bits per heavy atom. The summed E-state index contributed by atoms with van der Waals surface area (Å²) in [5, 5.41) is 0. The van der Waals surface area contributed by atoms with Gasteiger partial charge >= 0.3 is 12.1 Å².